The molecule has 2 heteroatoms. The average molecular weight is 238 g/mol. The number of hydrogen-bond acceptors (Lipinski definition) is 2. The lowest BCUT2D eigenvalue weighted by molar-refractivity contribution is -0.115. The lowest BCUT2D eigenvalue weighted by Crippen LogP contribution is -2.49. The van der Waals surface area contributed by atoms with E-state index in [0.717, 1.165) is 31.1 Å². The lowest BCUT2D eigenvalue weighted by Gasteiger charge is -2.45. The molecule has 3 rings (SSSR count). The Morgan fingerprint density at radius 2 is 1.82 bits per heavy atom. The molecule has 0 aromatic rings. The maximum Gasteiger partial charge on any atom is 0.0910 e. The van der Waals surface area contributed by atoms with Crippen LogP contribution in [-0.4, -0.2) is 22.4 Å². The van der Waals surface area contributed by atoms with E-state index in [1.807, 2.05) is 0 Å². The minimum atomic E-state index is -0.807. The summed E-state index contributed by atoms with van der Waals surface area (Å²) < 4.78 is 0. The van der Waals surface area contributed by atoms with Crippen LogP contribution in [0.25, 0.3) is 0 Å². The van der Waals surface area contributed by atoms with Crippen LogP contribution in [-0.2, 0) is 0 Å². The lowest BCUT2D eigenvalue weighted by atomic mass is 9.64. The van der Waals surface area contributed by atoms with Gasteiger partial charge in [0, 0.05) is 0 Å². The Bertz CT molecular complexity index is 338. The van der Waals surface area contributed by atoms with Gasteiger partial charge in [0.05, 0.1) is 12.2 Å². The summed E-state index contributed by atoms with van der Waals surface area (Å²) in [5.74, 6) is 1.86. The Labute approximate surface area is 104 Å². The summed E-state index contributed by atoms with van der Waals surface area (Å²) in [5.41, 5.74) is -0.132. The molecule has 3 aliphatic rings. The molecule has 3 aliphatic carbocycles. The number of aliphatic hydroxyl groups excluding tert-OH is 1. The Morgan fingerprint density at radius 3 is 2.47 bits per heavy atom. The Hall–Kier alpha value is -0.0800. The zero-order chi connectivity index (χ0) is 12.5. The predicted molar refractivity (Wildman–Crippen MR) is 67.5 cm³/mol. The first-order valence-electron chi connectivity index (χ1n) is 7.20. The normalized spacial score (nSPS) is 55.9. The highest BCUT2D eigenvalue weighted by atomic mass is 16.3. The molecule has 3 fully saturated rings. The molecule has 0 aromatic carbocycles. The summed E-state index contributed by atoms with van der Waals surface area (Å²) in [4.78, 5) is 0. The first-order valence-corrected chi connectivity index (χ1v) is 7.20. The largest absolute Gasteiger partial charge is 0.393 e. The minimum absolute atomic E-state index is 0.0573. The van der Waals surface area contributed by atoms with Gasteiger partial charge in [-0.3, -0.25) is 0 Å². The van der Waals surface area contributed by atoms with Gasteiger partial charge in [-0.15, -0.1) is 0 Å². The topological polar surface area (TPSA) is 40.5 Å². The van der Waals surface area contributed by atoms with Crippen LogP contribution in [0.15, 0.2) is 0 Å². The van der Waals surface area contributed by atoms with E-state index in [9.17, 15) is 10.2 Å². The zero-order valence-corrected chi connectivity index (χ0v) is 11.4. The van der Waals surface area contributed by atoms with Gasteiger partial charge in [0.1, 0.15) is 0 Å². The van der Waals surface area contributed by atoms with Crippen LogP contribution in [0.3, 0.4) is 0 Å². The van der Waals surface area contributed by atoms with Crippen molar-refractivity contribution in [3.05, 3.63) is 0 Å². The van der Waals surface area contributed by atoms with Crippen molar-refractivity contribution in [3.63, 3.8) is 0 Å². The number of hydrogen-bond donors (Lipinski definition) is 2. The van der Waals surface area contributed by atoms with E-state index in [-0.39, 0.29) is 12.0 Å². The molecule has 5 atom stereocenters. The summed E-state index contributed by atoms with van der Waals surface area (Å²) in [5, 5.41) is 20.3. The van der Waals surface area contributed by atoms with E-state index in [2.05, 4.69) is 20.8 Å². The summed E-state index contributed by atoms with van der Waals surface area (Å²) >= 11 is 0. The Balaban J connectivity index is 2.04. The van der Waals surface area contributed by atoms with Crippen LogP contribution in [0, 0.1) is 28.6 Å². The molecule has 2 bridgehead atoms. The van der Waals surface area contributed by atoms with Crippen molar-refractivity contribution in [2.45, 2.75) is 58.5 Å². The highest BCUT2D eigenvalue weighted by Crippen LogP contribution is 2.73. The highest BCUT2D eigenvalue weighted by Gasteiger charge is 2.68. The van der Waals surface area contributed by atoms with Gasteiger partial charge in [0.2, 0.25) is 0 Å². The van der Waals surface area contributed by atoms with E-state index in [4.69, 9.17) is 0 Å². The molecule has 98 valence electrons. The monoisotopic (exact) mass is 238 g/mol. The van der Waals surface area contributed by atoms with Crippen LogP contribution >= 0.6 is 0 Å². The molecule has 0 saturated heterocycles. The van der Waals surface area contributed by atoms with Crippen molar-refractivity contribution in [2.24, 2.45) is 28.6 Å². The molecule has 2 nitrogen and oxygen atoms in total. The number of aliphatic hydroxyl groups is 2. The van der Waals surface area contributed by atoms with Gasteiger partial charge in [0.25, 0.3) is 0 Å². The van der Waals surface area contributed by atoms with Crippen LogP contribution < -0.4 is 0 Å². The maximum atomic E-state index is 10.7. The zero-order valence-electron chi connectivity index (χ0n) is 11.4. The molecule has 0 unspecified atom stereocenters. The van der Waals surface area contributed by atoms with Crippen LogP contribution in [0.5, 0.6) is 0 Å². The van der Waals surface area contributed by atoms with Crippen molar-refractivity contribution >= 4 is 0 Å². The third-order valence-electron chi connectivity index (χ3n) is 6.89. The molecule has 2 N–H and O–H groups in total. The molecule has 0 aliphatic heterocycles. The van der Waals surface area contributed by atoms with Crippen molar-refractivity contribution < 1.29 is 10.2 Å². The van der Waals surface area contributed by atoms with Gasteiger partial charge in [-0.25, -0.2) is 0 Å². The third-order valence-corrected chi connectivity index (χ3v) is 6.89. The van der Waals surface area contributed by atoms with Crippen LogP contribution in [0.1, 0.15) is 52.9 Å². The van der Waals surface area contributed by atoms with E-state index in [0.29, 0.717) is 11.3 Å². The van der Waals surface area contributed by atoms with Crippen molar-refractivity contribution in [1.29, 1.82) is 0 Å². The molecular weight excluding hydrogens is 212 g/mol. The van der Waals surface area contributed by atoms with E-state index >= 15 is 0 Å². The Kier molecular flexibility index (Phi) is 2.30. The molecule has 17 heavy (non-hydrogen) atoms. The smallest absolute Gasteiger partial charge is 0.0910 e. The van der Waals surface area contributed by atoms with Gasteiger partial charge in [-0.05, 0) is 60.7 Å². The Morgan fingerprint density at radius 1 is 1.12 bits per heavy atom. The van der Waals surface area contributed by atoms with Gasteiger partial charge >= 0.3 is 0 Å². The molecule has 0 amide bonds. The molecular formula is C15H26O2. The fourth-order valence-electron chi connectivity index (χ4n) is 5.90. The molecule has 0 heterocycles. The minimum Gasteiger partial charge on any atom is -0.393 e. The second kappa shape index (κ2) is 3.27. The number of rotatable bonds is 1. The fourth-order valence-corrected chi connectivity index (χ4v) is 5.90. The summed E-state index contributed by atoms with van der Waals surface area (Å²) in [6.45, 7) is 7.00. The summed E-state index contributed by atoms with van der Waals surface area (Å²) in [6, 6.07) is 0. The molecule has 0 aromatic heterocycles. The molecule has 1 spiro atoms. The van der Waals surface area contributed by atoms with E-state index < -0.39 is 5.60 Å². The quantitative estimate of drug-likeness (QED) is 0.737. The van der Waals surface area contributed by atoms with Gasteiger partial charge in [-0.1, -0.05) is 20.8 Å². The summed E-state index contributed by atoms with van der Waals surface area (Å²) in [7, 11) is 0. The van der Waals surface area contributed by atoms with Gasteiger partial charge in [-0.2, -0.15) is 0 Å². The standard InChI is InChI=1S/C15H26O2/c1-10-4-5-11-13(2,3)12-8-14(10,11)6-7-15(12,17)9-16/h10-12,16-17H,4-9H2,1-3H3/t10-,11+,12+,14-,15+/m0/s1. The molecule has 3 saturated carbocycles. The van der Waals surface area contributed by atoms with Crippen molar-refractivity contribution in [3.8, 4) is 0 Å². The maximum absolute atomic E-state index is 10.7. The van der Waals surface area contributed by atoms with Crippen molar-refractivity contribution in [2.75, 3.05) is 6.61 Å². The van der Waals surface area contributed by atoms with Crippen LogP contribution in [0.2, 0.25) is 0 Å². The van der Waals surface area contributed by atoms with E-state index in [1.54, 1.807) is 0 Å². The fraction of sp³-hybridized carbons (Fsp3) is 1.00. The second-order valence-electron chi connectivity index (χ2n) is 7.60. The highest BCUT2D eigenvalue weighted by molar-refractivity contribution is 5.17. The first kappa shape index (κ1) is 12.0. The van der Waals surface area contributed by atoms with Gasteiger partial charge in [0.15, 0.2) is 0 Å². The van der Waals surface area contributed by atoms with Gasteiger partial charge < -0.3 is 10.2 Å². The predicted octanol–water partition coefficient (Wildman–Crippen LogP) is 2.58. The molecule has 0 radical (unpaired) electrons. The summed E-state index contributed by atoms with van der Waals surface area (Å²) in [6.07, 6.45) is 5.75. The third kappa shape index (κ3) is 1.24. The first-order chi connectivity index (χ1) is 7.87. The SMILES string of the molecule is C[C@H]1CC[C@@H]2C(C)(C)[C@H]3C[C@]21CC[C@@]3(O)CO. The second-order valence-corrected chi connectivity index (χ2v) is 7.60. The van der Waals surface area contributed by atoms with E-state index in [1.165, 1.54) is 12.8 Å². The van der Waals surface area contributed by atoms with Crippen molar-refractivity contribution in [1.82, 2.24) is 0 Å². The average Bonchev–Trinajstić information content (AvgIpc) is 2.70. The number of fused-ring (bicyclic) bond motifs is 1. The van der Waals surface area contributed by atoms with Crippen LogP contribution in [0.4, 0.5) is 0 Å².